The largest absolute Gasteiger partial charge is 0.481 e. The second-order valence-electron chi connectivity index (χ2n) is 18.0. The zero-order valence-electron chi connectivity index (χ0n) is 38.8. The first-order valence-corrected chi connectivity index (χ1v) is 23.3. The van der Waals surface area contributed by atoms with Crippen LogP contribution in [0.5, 0.6) is 0 Å². The second-order valence-corrected chi connectivity index (χ2v) is 18.0. The number of likely N-dealkylation sites (N-methyl/N-ethyl adjacent to an activating group) is 2. The number of esters is 2. The van der Waals surface area contributed by atoms with E-state index >= 15 is 0 Å². The number of carboxylic acids is 2. The van der Waals surface area contributed by atoms with Crippen molar-refractivity contribution in [1.82, 2.24) is 19.4 Å². The monoisotopic (exact) mass is 957 g/mol. The molecule has 0 spiro atoms. The van der Waals surface area contributed by atoms with Gasteiger partial charge in [-0.05, 0) is 25.8 Å². The molecule has 1 aromatic heterocycles. The van der Waals surface area contributed by atoms with E-state index in [4.69, 9.17) is 29.4 Å². The Bertz CT molecular complexity index is 1900. The number of nitrogens with zero attached hydrogens (tertiary/aromatic N) is 3. The van der Waals surface area contributed by atoms with Gasteiger partial charge in [-0.3, -0.25) is 38.4 Å². The summed E-state index contributed by atoms with van der Waals surface area (Å²) in [6.45, 7) is 2.99. The molecule has 0 saturated carbocycles. The van der Waals surface area contributed by atoms with Crippen molar-refractivity contribution in [3.63, 3.8) is 0 Å². The number of carbonyl (C=O) groups excluding carboxylic acids is 3. The van der Waals surface area contributed by atoms with Gasteiger partial charge in [-0.1, -0.05) is 78.1 Å². The van der Waals surface area contributed by atoms with Gasteiger partial charge < -0.3 is 65.0 Å². The highest BCUT2D eigenvalue weighted by Crippen LogP contribution is 2.36. The Morgan fingerprint density at radius 2 is 1.46 bits per heavy atom. The Hall–Kier alpha value is -4.33. The highest BCUT2D eigenvalue weighted by atomic mass is 16.7. The Morgan fingerprint density at radius 1 is 0.836 bits per heavy atom. The predicted octanol–water partition coefficient (Wildman–Crippen LogP) is -0.412. The van der Waals surface area contributed by atoms with Crippen LogP contribution in [0.3, 0.4) is 0 Å². The number of aromatic amines is 1. The van der Waals surface area contributed by atoms with E-state index in [0.29, 0.717) is 6.42 Å². The fourth-order valence-electron chi connectivity index (χ4n) is 8.95. The maximum atomic E-state index is 14.5. The molecule has 14 atom stereocenters. The Labute approximate surface area is 388 Å². The number of hydrogen-bond acceptors (Lipinski definition) is 18. The fourth-order valence-corrected chi connectivity index (χ4v) is 8.95. The summed E-state index contributed by atoms with van der Waals surface area (Å²) >= 11 is 0. The number of aliphatic hydroxyl groups is 4. The topological polar surface area (TPSA) is 340 Å². The highest BCUT2D eigenvalue weighted by molar-refractivity contribution is 5.88. The number of nitrogens with one attached hydrogen (secondary N) is 1. The third kappa shape index (κ3) is 15.3. The second kappa shape index (κ2) is 26.4. The van der Waals surface area contributed by atoms with Crippen LogP contribution in [0.2, 0.25) is 0 Å². The summed E-state index contributed by atoms with van der Waals surface area (Å²) in [6, 6.07) is -2.56. The van der Waals surface area contributed by atoms with Crippen molar-refractivity contribution in [2.75, 3.05) is 27.2 Å². The number of amides is 1. The van der Waals surface area contributed by atoms with Gasteiger partial charge in [0.15, 0.2) is 18.6 Å². The molecular formula is C44H71N5O18. The minimum absolute atomic E-state index is 0.226. The molecule has 1 aromatic rings. The zero-order chi connectivity index (χ0) is 49.5. The molecule has 4 rings (SSSR count). The molecule has 67 heavy (non-hydrogen) atoms. The van der Waals surface area contributed by atoms with Gasteiger partial charge in [0, 0.05) is 45.2 Å². The predicted molar refractivity (Wildman–Crippen MR) is 234 cm³/mol. The molecule has 3 aliphatic heterocycles. The Morgan fingerprint density at radius 3 is 2.03 bits per heavy atom. The lowest BCUT2D eigenvalue weighted by Gasteiger charge is -2.38. The molecule has 3 aliphatic rings. The smallest absolute Gasteiger partial charge is 0.330 e. The number of ether oxygens (including phenoxy) is 5. The number of aliphatic hydroxyl groups excluding tert-OH is 4. The van der Waals surface area contributed by atoms with E-state index in [1.54, 1.807) is 6.92 Å². The number of aliphatic carboxylic acids is 2. The van der Waals surface area contributed by atoms with Crippen molar-refractivity contribution in [3.8, 4) is 0 Å². The van der Waals surface area contributed by atoms with E-state index < -0.39 is 139 Å². The Balaban J connectivity index is 1.56. The van der Waals surface area contributed by atoms with Crippen molar-refractivity contribution < 1.29 is 78.3 Å². The molecule has 23 nitrogen and oxygen atoms in total. The van der Waals surface area contributed by atoms with Crippen LogP contribution in [0.15, 0.2) is 21.9 Å². The molecular weight excluding hydrogens is 887 g/mol. The third-order valence-corrected chi connectivity index (χ3v) is 12.6. The first-order chi connectivity index (χ1) is 31.8. The average molecular weight is 958 g/mol. The normalized spacial score (nSPS) is 29.3. The molecule has 0 radical (unpaired) electrons. The number of rotatable bonds is 27. The lowest BCUT2D eigenvalue weighted by molar-refractivity contribution is -0.233. The van der Waals surface area contributed by atoms with Crippen molar-refractivity contribution >= 4 is 29.8 Å². The molecule has 4 heterocycles. The minimum atomic E-state index is -1.95. The Kier molecular flexibility index (Phi) is 21.8. The molecule has 380 valence electrons. The van der Waals surface area contributed by atoms with Gasteiger partial charge in [0.2, 0.25) is 5.91 Å². The molecule has 0 unspecified atom stereocenters. The van der Waals surface area contributed by atoms with Crippen LogP contribution in [0.25, 0.3) is 0 Å². The molecule has 3 saturated heterocycles. The molecule has 23 heteroatoms. The van der Waals surface area contributed by atoms with E-state index in [9.17, 15) is 64.2 Å². The summed E-state index contributed by atoms with van der Waals surface area (Å²) in [4.78, 5) is 94.1. The number of carboxylic acid groups (broad SMARTS) is 2. The van der Waals surface area contributed by atoms with Gasteiger partial charge in [0.1, 0.15) is 61.0 Å². The van der Waals surface area contributed by atoms with Gasteiger partial charge in [-0.2, -0.15) is 0 Å². The van der Waals surface area contributed by atoms with Crippen LogP contribution in [0, 0.1) is 5.92 Å². The molecule has 1 amide bonds. The van der Waals surface area contributed by atoms with Crippen LogP contribution in [0.4, 0.5) is 0 Å². The van der Waals surface area contributed by atoms with Crippen LogP contribution in [-0.4, -0.2) is 180 Å². The van der Waals surface area contributed by atoms with E-state index in [2.05, 4.69) is 6.92 Å². The van der Waals surface area contributed by atoms with Gasteiger partial charge in [-0.15, -0.1) is 0 Å². The average Bonchev–Trinajstić information content (AvgIpc) is 3.66. The number of hydrogen-bond donors (Lipinski definition) is 8. The van der Waals surface area contributed by atoms with E-state index in [0.717, 1.165) is 60.9 Å². The standard InChI is InChI=1S/C44H71N5O18/c1-5-6-7-8-9-10-11-12-13-14-15-16-25(63-30(53)20-24(2)19-29(51)52)21-31(54)64-27-23-47(3)33(40(59)48(4)32(27)42(60)61)38(67-43-37(58)34(55)26(22-45)65-43)39-35(56)36(57)41(66-39)49-18-17-28(50)46-44(49)62/h17-18,24-27,32-39,41,43,55-58H,5-16,19-23,45H2,1-4H3,(H,51,52)(H,60,61)(H,46,50,62)/t24-,25+,26-,27+,32+,33-,34-,35+,36-,37-,38+,39+,41-,43+/m1/s1. The van der Waals surface area contributed by atoms with Crippen molar-refractivity contribution in [3.05, 3.63) is 33.1 Å². The number of aromatic nitrogens is 2. The summed E-state index contributed by atoms with van der Waals surface area (Å²) in [5.74, 6) is -5.90. The van der Waals surface area contributed by atoms with E-state index in [1.165, 1.54) is 44.1 Å². The molecule has 0 aromatic carbocycles. The number of unbranched alkanes of at least 4 members (excludes halogenated alkanes) is 10. The van der Waals surface area contributed by atoms with Crippen LogP contribution in [0.1, 0.15) is 116 Å². The van der Waals surface area contributed by atoms with Crippen LogP contribution >= 0.6 is 0 Å². The summed E-state index contributed by atoms with van der Waals surface area (Å²) in [5, 5.41) is 63.8. The summed E-state index contributed by atoms with van der Waals surface area (Å²) in [6.07, 6.45) is -6.06. The maximum absolute atomic E-state index is 14.5. The van der Waals surface area contributed by atoms with E-state index in [1.807, 2.05) is 4.98 Å². The summed E-state index contributed by atoms with van der Waals surface area (Å²) < 4.78 is 30.0. The summed E-state index contributed by atoms with van der Waals surface area (Å²) in [7, 11) is 2.47. The fraction of sp³-hybridized carbons (Fsp3) is 0.795. The van der Waals surface area contributed by atoms with Gasteiger partial charge >= 0.3 is 29.6 Å². The van der Waals surface area contributed by atoms with Crippen molar-refractivity contribution in [1.29, 1.82) is 0 Å². The van der Waals surface area contributed by atoms with Crippen LogP contribution in [-0.2, 0) is 47.7 Å². The van der Waals surface area contributed by atoms with E-state index in [-0.39, 0.29) is 25.8 Å². The SMILES string of the molecule is CCCCCCCCCCCCC[C@@H](CC(=O)O[C@H]1CN(C)[C@H]([C@H](O[C@@H]2O[C@H](CN)[C@@H](O)[C@H]2O)[C@H]2O[C@@H](n3ccc(=O)[nH]c3=O)[C@H](O)[C@@H]2O)C(=O)N(C)[C@@H]1C(=O)O)OC(=O)C[C@H](C)CC(=O)O. The first-order valence-electron chi connectivity index (χ1n) is 23.3. The molecule has 0 aliphatic carbocycles. The number of nitrogens with two attached hydrogens (primary N) is 1. The first kappa shape index (κ1) is 55.3. The van der Waals surface area contributed by atoms with Gasteiger partial charge in [-0.25, -0.2) is 9.59 Å². The van der Waals surface area contributed by atoms with Crippen LogP contribution < -0.4 is 17.0 Å². The van der Waals surface area contributed by atoms with Gasteiger partial charge in [0.05, 0.1) is 6.42 Å². The number of carbonyl (C=O) groups is 5. The van der Waals surface area contributed by atoms with Crippen molar-refractivity contribution in [2.24, 2.45) is 11.7 Å². The lowest BCUT2D eigenvalue weighted by atomic mass is 9.97. The molecule has 3 fully saturated rings. The molecule has 0 bridgehead atoms. The highest BCUT2D eigenvalue weighted by Gasteiger charge is 2.57. The molecule has 9 N–H and O–H groups in total. The quantitative estimate of drug-likeness (QED) is 0.0410. The maximum Gasteiger partial charge on any atom is 0.330 e. The third-order valence-electron chi connectivity index (χ3n) is 12.6. The number of H-pyrrole nitrogens is 1. The lowest BCUT2D eigenvalue weighted by Crippen LogP contribution is -2.59. The van der Waals surface area contributed by atoms with Crippen molar-refractivity contribution in [2.45, 2.75) is 190 Å². The zero-order valence-corrected chi connectivity index (χ0v) is 38.8. The van der Waals surface area contributed by atoms with Gasteiger partial charge in [0.25, 0.3) is 5.56 Å². The summed E-state index contributed by atoms with van der Waals surface area (Å²) in [5.41, 5.74) is 3.92. The minimum Gasteiger partial charge on any atom is -0.481 e.